The van der Waals surface area contributed by atoms with Gasteiger partial charge in [-0.15, -0.1) is 0 Å². The van der Waals surface area contributed by atoms with Crippen molar-refractivity contribution < 1.29 is 9.90 Å². The predicted octanol–water partition coefficient (Wildman–Crippen LogP) is 2.50. The number of hydrogen-bond donors (Lipinski definition) is 2. The van der Waals surface area contributed by atoms with Gasteiger partial charge in [0.05, 0.1) is 5.56 Å². The van der Waals surface area contributed by atoms with Gasteiger partial charge in [-0.1, -0.05) is 6.92 Å². The molecule has 1 atom stereocenters. The maximum Gasteiger partial charge on any atom is 0.329 e. The Kier molecular flexibility index (Phi) is 3.93. The van der Waals surface area contributed by atoms with E-state index in [4.69, 9.17) is 0 Å². The summed E-state index contributed by atoms with van der Waals surface area (Å²) < 4.78 is 0. The highest BCUT2D eigenvalue weighted by molar-refractivity contribution is 5.82. The summed E-state index contributed by atoms with van der Waals surface area (Å²) in [5.41, 5.74) is 1.42. The van der Waals surface area contributed by atoms with Crippen LogP contribution >= 0.6 is 0 Å². The summed E-state index contributed by atoms with van der Waals surface area (Å²) in [6, 6.07) is 3.96. The Hall–Kier alpha value is -2.09. The van der Waals surface area contributed by atoms with E-state index in [-0.39, 0.29) is 0 Å². The normalized spacial score (nSPS) is 16.6. The lowest BCUT2D eigenvalue weighted by Crippen LogP contribution is -2.43. The van der Waals surface area contributed by atoms with Crippen LogP contribution in [-0.4, -0.2) is 21.6 Å². The first-order valence-electron chi connectivity index (χ1n) is 6.94. The van der Waals surface area contributed by atoms with Gasteiger partial charge in [-0.3, -0.25) is 0 Å². The summed E-state index contributed by atoms with van der Waals surface area (Å²) >= 11 is 0. The molecule has 0 fully saturated rings. The number of anilines is 1. The van der Waals surface area contributed by atoms with E-state index in [9.17, 15) is 15.2 Å². The van der Waals surface area contributed by atoms with E-state index in [0.717, 1.165) is 36.9 Å². The van der Waals surface area contributed by atoms with E-state index in [2.05, 4.69) is 16.4 Å². The zero-order valence-corrected chi connectivity index (χ0v) is 11.9. The molecule has 1 aliphatic rings. The van der Waals surface area contributed by atoms with Gasteiger partial charge in [-0.2, -0.15) is 5.26 Å². The Morgan fingerprint density at radius 3 is 2.85 bits per heavy atom. The van der Waals surface area contributed by atoms with Crippen LogP contribution in [0.3, 0.4) is 0 Å². The molecule has 1 aromatic heterocycles. The van der Waals surface area contributed by atoms with Crippen LogP contribution < -0.4 is 5.32 Å². The molecular weight excluding hydrogens is 254 g/mol. The van der Waals surface area contributed by atoms with Crippen LogP contribution in [0.5, 0.6) is 0 Å². The number of rotatable bonds is 4. The second-order valence-corrected chi connectivity index (χ2v) is 5.43. The monoisotopic (exact) mass is 273 g/mol. The van der Waals surface area contributed by atoms with E-state index in [0.29, 0.717) is 17.8 Å². The number of aryl methyl sites for hydroxylation is 2. The molecule has 2 rings (SSSR count). The number of aromatic nitrogens is 1. The standard InChI is InChI=1S/C15H19N3O2/c1-3-15(2,14(19)20)18-13-11(9-16)8-10-6-4-5-7-12(10)17-13/h8H,3-7H2,1-2H3,(H,17,18)(H,19,20). The van der Waals surface area contributed by atoms with Gasteiger partial charge >= 0.3 is 5.97 Å². The highest BCUT2D eigenvalue weighted by Gasteiger charge is 2.32. The number of pyridine rings is 1. The molecule has 0 aromatic carbocycles. The van der Waals surface area contributed by atoms with Crippen molar-refractivity contribution in [1.29, 1.82) is 5.26 Å². The van der Waals surface area contributed by atoms with Crippen LogP contribution in [0.15, 0.2) is 6.07 Å². The predicted molar refractivity (Wildman–Crippen MR) is 75.5 cm³/mol. The molecule has 2 N–H and O–H groups in total. The van der Waals surface area contributed by atoms with Gasteiger partial charge in [0, 0.05) is 5.69 Å². The zero-order chi connectivity index (χ0) is 14.8. The van der Waals surface area contributed by atoms with Crippen molar-refractivity contribution in [1.82, 2.24) is 4.98 Å². The van der Waals surface area contributed by atoms with Crippen molar-refractivity contribution in [3.05, 3.63) is 22.9 Å². The van der Waals surface area contributed by atoms with E-state index in [1.165, 1.54) is 0 Å². The van der Waals surface area contributed by atoms with E-state index >= 15 is 0 Å². The average Bonchev–Trinajstić information content (AvgIpc) is 2.46. The number of nitrogens with zero attached hydrogens (tertiary/aromatic N) is 2. The van der Waals surface area contributed by atoms with Crippen molar-refractivity contribution in [2.24, 2.45) is 0 Å². The summed E-state index contributed by atoms with van der Waals surface area (Å²) in [7, 11) is 0. The van der Waals surface area contributed by atoms with Gasteiger partial charge in [0.2, 0.25) is 0 Å². The van der Waals surface area contributed by atoms with Crippen molar-refractivity contribution >= 4 is 11.8 Å². The molecule has 0 amide bonds. The Balaban J connectivity index is 2.41. The van der Waals surface area contributed by atoms with Crippen LogP contribution in [0.2, 0.25) is 0 Å². The second-order valence-electron chi connectivity index (χ2n) is 5.43. The SMILES string of the molecule is CCC(C)(Nc1nc2c(cc1C#N)CCCC2)C(=O)O. The molecule has 0 saturated carbocycles. The summed E-state index contributed by atoms with van der Waals surface area (Å²) in [6.45, 7) is 3.41. The van der Waals surface area contributed by atoms with Gasteiger partial charge in [-0.25, -0.2) is 9.78 Å². The molecule has 1 unspecified atom stereocenters. The molecule has 0 aliphatic heterocycles. The van der Waals surface area contributed by atoms with Crippen LogP contribution in [0.4, 0.5) is 5.82 Å². The third kappa shape index (κ3) is 2.60. The number of aliphatic carboxylic acids is 1. The maximum absolute atomic E-state index is 11.4. The van der Waals surface area contributed by atoms with Crippen molar-refractivity contribution in [3.8, 4) is 6.07 Å². The topological polar surface area (TPSA) is 86.0 Å². The molecule has 1 aromatic rings. The van der Waals surface area contributed by atoms with Crippen LogP contribution in [0.1, 0.15) is 49.9 Å². The number of hydrogen-bond acceptors (Lipinski definition) is 4. The molecular formula is C15H19N3O2. The number of nitrogens with one attached hydrogen (secondary N) is 1. The summed E-state index contributed by atoms with van der Waals surface area (Å²) in [5, 5.41) is 21.5. The smallest absolute Gasteiger partial charge is 0.329 e. The Bertz CT molecular complexity index is 577. The minimum Gasteiger partial charge on any atom is -0.480 e. The summed E-state index contributed by atoms with van der Waals surface area (Å²) in [5.74, 6) is -0.552. The number of nitriles is 1. The van der Waals surface area contributed by atoms with Crippen LogP contribution in [-0.2, 0) is 17.6 Å². The zero-order valence-electron chi connectivity index (χ0n) is 11.9. The fraction of sp³-hybridized carbons (Fsp3) is 0.533. The molecule has 20 heavy (non-hydrogen) atoms. The third-order valence-electron chi connectivity index (χ3n) is 3.99. The first-order valence-corrected chi connectivity index (χ1v) is 6.94. The van der Waals surface area contributed by atoms with Gasteiger partial charge in [-0.05, 0) is 50.7 Å². The highest BCUT2D eigenvalue weighted by Crippen LogP contribution is 2.27. The van der Waals surface area contributed by atoms with Gasteiger partial charge in [0.1, 0.15) is 17.4 Å². The first kappa shape index (κ1) is 14.3. The molecule has 1 heterocycles. The minimum absolute atomic E-state index is 0.389. The molecule has 0 spiro atoms. The molecule has 5 nitrogen and oxygen atoms in total. The number of fused-ring (bicyclic) bond motifs is 1. The van der Waals surface area contributed by atoms with Crippen LogP contribution in [0, 0.1) is 11.3 Å². The lowest BCUT2D eigenvalue weighted by molar-refractivity contribution is -0.141. The van der Waals surface area contributed by atoms with Gasteiger partial charge < -0.3 is 10.4 Å². The fourth-order valence-electron chi connectivity index (χ4n) is 2.37. The lowest BCUT2D eigenvalue weighted by Gasteiger charge is -2.27. The van der Waals surface area contributed by atoms with Gasteiger partial charge in [0.15, 0.2) is 0 Å². The second kappa shape index (κ2) is 5.49. The quantitative estimate of drug-likeness (QED) is 0.880. The summed E-state index contributed by atoms with van der Waals surface area (Å²) in [6.07, 6.45) is 4.46. The van der Waals surface area contributed by atoms with E-state index < -0.39 is 11.5 Å². The van der Waals surface area contributed by atoms with Crippen molar-refractivity contribution in [2.45, 2.75) is 51.5 Å². The highest BCUT2D eigenvalue weighted by atomic mass is 16.4. The minimum atomic E-state index is -1.11. The Morgan fingerprint density at radius 2 is 2.25 bits per heavy atom. The lowest BCUT2D eigenvalue weighted by atomic mass is 9.94. The average molecular weight is 273 g/mol. The van der Waals surface area contributed by atoms with Crippen molar-refractivity contribution in [2.75, 3.05) is 5.32 Å². The van der Waals surface area contributed by atoms with E-state index in [1.54, 1.807) is 13.8 Å². The fourth-order valence-corrected chi connectivity index (χ4v) is 2.37. The Morgan fingerprint density at radius 1 is 1.55 bits per heavy atom. The first-order chi connectivity index (χ1) is 9.50. The maximum atomic E-state index is 11.4. The molecule has 1 aliphatic carbocycles. The number of carboxylic acids is 1. The Labute approximate surface area is 118 Å². The molecule has 0 radical (unpaired) electrons. The largest absolute Gasteiger partial charge is 0.480 e. The third-order valence-corrected chi connectivity index (χ3v) is 3.99. The summed E-state index contributed by atoms with van der Waals surface area (Å²) in [4.78, 5) is 15.9. The van der Waals surface area contributed by atoms with Crippen LogP contribution in [0.25, 0.3) is 0 Å². The number of carbonyl (C=O) groups is 1. The molecule has 0 bridgehead atoms. The number of carboxylic acid groups (broad SMARTS) is 1. The molecule has 5 heteroatoms. The van der Waals surface area contributed by atoms with E-state index in [1.807, 2.05) is 6.07 Å². The van der Waals surface area contributed by atoms with Crippen molar-refractivity contribution in [3.63, 3.8) is 0 Å². The molecule has 0 saturated heterocycles. The van der Waals surface area contributed by atoms with Gasteiger partial charge in [0.25, 0.3) is 0 Å². The molecule has 106 valence electrons.